The zero-order valence-electron chi connectivity index (χ0n) is 9.05. The Morgan fingerprint density at radius 2 is 2.38 bits per heavy atom. The molecule has 1 N–H and O–H groups in total. The van der Waals surface area contributed by atoms with E-state index in [9.17, 15) is 0 Å². The van der Waals surface area contributed by atoms with E-state index in [-0.39, 0.29) is 0 Å². The Balaban J connectivity index is 2.29. The molecule has 0 spiro atoms. The number of nitrogens with zero attached hydrogens (tertiary/aromatic N) is 1. The highest BCUT2D eigenvalue weighted by atomic mass is 32.2. The van der Waals surface area contributed by atoms with E-state index in [4.69, 9.17) is 0 Å². The molecule has 0 aromatic rings. The maximum atomic E-state index is 3.46. The number of hydrogen-bond acceptors (Lipinski definition) is 3. The van der Waals surface area contributed by atoms with Gasteiger partial charge < -0.3 is 10.2 Å². The van der Waals surface area contributed by atoms with Crippen molar-refractivity contribution in [2.75, 3.05) is 39.2 Å². The lowest BCUT2D eigenvalue weighted by atomic mass is 9.97. The van der Waals surface area contributed by atoms with Crippen LogP contribution < -0.4 is 5.32 Å². The Hall–Kier alpha value is 0.270. The zero-order chi connectivity index (χ0) is 9.68. The summed E-state index contributed by atoms with van der Waals surface area (Å²) < 4.78 is 0. The van der Waals surface area contributed by atoms with E-state index < -0.39 is 0 Å². The van der Waals surface area contributed by atoms with Gasteiger partial charge in [0.25, 0.3) is 0 Å². The molecule has 0 aromatic carbocycles. The molecular weight excluding hydrogens is 180 g/mol. The number of nitrogens with one attached hydrogen (secondary N) is 1. The van der Waals surface area contributed by atoms with Crippen LogP contribution in [0.2, 0.25) is 0 Å². The molecule has 2 unspecified atom stereocenters. The van der Waals surface area contributed by atoms with Crippen molar-refractivity contribution in [1.29, 1.82) is 0 Å². The molecule has 1 saturated heterocycles. The van der Waals surface area contributed by atoms with Gasteiger partial charge in [-0.2, -0.15) is 11.8 Å². The summed E-state index contributed by atoms with van der Waals surface area (Å²) in [6.07, 6.45) is 4.88. The molecular formula is C10H22N2S. The Bertz CT molecular complexity index is 141. The summed E-state index contributed by atoms with van der Waals surface area (Å²) in [6, 6.07) is 0.734. The number of hydrogen-bond donors (Lipinski definition) is 1. The lowest BCUT2D eigenvalue weighted by molar-refractivity contribution is 0.341. The van der Waals surface area contributed by atoms with Gasteiger partial charge in [-0.15, -0.1) is 0 Å². The molecule has 3 heteroatoms. The van der Waals surface area contributed by atoms with Gasteiger partial charge in [-0.3, -0.25) is 0 Å². The minimum atomic E-state index is 0.734. The number of rotatable bonds is 5. The predicted molar refractivity (Wildman–Crippen MR) is 61.5 cm³/mol. The van der Waals surface area contributed by atoms with Gasteiger partial charge in [0.1, 0.15) is 0 Å². The summed E-state index contributed by atoms with van der Waals surface area (Å²) >= 11 is 1.95. The van der Waals surface area contributed by atoms with E-state index in [2.05, 4.69) is 30.6 Å². The largest absolute Gasteiger partial charge is 0.317 e. The Morgan fingerprint density at radius 1 is 1.62 bits per heavy atom. The Morgan fingerprint density at radius 3 is 2.85 bits per heavy atom. The smallest absolute Gasteiger partial charge is 0.0113 e. The molecule has 13 heavy (non-hydrogen) atoms. The second kappa shape index (κ2) is 5.89. The minimum absolute atomic E-state index is 0.734. The van der Waals surface area contributed by atoms with Gasteiger partial charge in [-0.1, -0.05) is 0 Å². The summed E-state index contributed by atoms with van der Waals surface area (Å²) in [4.78, 5) is 2.44. The molecule has 0 saturated carbocycles. The first-order chi connectivity index (χ1) is 6.27. The van der Waals surface area contributed by atoms with Gasteiger partial charge >= 0.3 is 0 Å². The number of thioether (sulfide) groups is 1. The van der Waals surface area contributed by atoms with Crippen LogP contribution in [-0.2, 0) is 0 Å². The summed E-state index contributed by atoms with van der Waals surface area (Å²) in [6.45, 7) is 2.56. The van der Waals surface area contributed by atoms with Crippen molar-refractivity contribution in [3.63, 3.8) is 0 Å². The maximum absolute atomic E-state index is 3.46. The van der Waals surface area contributed by atoms with Crippen LogP contribution in [0.25, 0.3) is 0 Å². The second-order valence-corrected chi connectivity index (χ2v) is 4.97. The van der Waals surface area contributed by atoms with Crippen molar-refractivity contribution >= 4 is 11.8 Å². The summed E-state index contributed by atoms with van der Waals surface area (Å²) in [5.41, 5.74) is 0. The molecule has 1 aliphatic rings. The highest BCUT2D eigenvalue weighted by Crippen LogP contribution is 2.20. The summed E-state index contributed by atoms with van der Waals surface area (Å²) in [5.74, 6) is 2.16. The molecule has 1 heterocycles. The third-order valence-electron chi connectivity index (χ3n) is 3.00. The highest BCUT2D eigenvalue weighted by Gasteiger charge is 2.25. The summed E-state index contributed by atoms with van der Waals surface area (Å²) in [7, 11) is 4.32. The fraction of sp³-hybridized carbons (Fsp3) is 1.00. The first-order valence-electron chi connectivity index (χ1n) is 5.12. The minimum Gasteiger partial charge on any atom is -0.317 e. The lowest BCUT2D eigenvalue weighted by Crippen LogP contribution is -2.35. The van der Waals surface area contributed by atoms with Gasteiger partial charge in [0.2, 0.25) is 0 Å². The lowest BCUT2D eigenvalue weighted by Gasteiger charge is -2.22. The van der Waals surface area contributed by atoms with Crippen molar-refractivity contribution in [3.8, 4) is 0 Å². The molecule has 0 bridgehead atoms. The molecule has 78 valence electrons. The standard InChI is InChI=1S/C10H22N2S/c1-11-10(5-7-13-3)9-4-6-12(2)8-9/h9-11H,4-8H2,1-3H3. The van der Waals surface area contributed by atoms with Crippen LogP contribution in [0.15, 0.2) is 0 Å². The third kappa shape index (κ3) is 3.49. The van der Waals surface area contributed by atoms with E-state index in [1.54, 1.807) is 0 Å². The van der Waals surface area contributed by atoms with E-state index >= 15 is 0 Å². The predicted octanol–water partition coefficient (Wildman–Crippen LogP) is 1.28. The van der Waals surface area contributed by atoms with Gasteiger partial charge in [0.15, 0.2) is 0 Å². The quantitative estimate of drug-likeness (QED) is 0.723. The molecule has 0 aromatic heterocycles. The number of likely N-dealkylation sites (tertiary alicyclic amines) is 1. The molecule has 0 aliphatic carbocycles. The molecule has 1 rings (SSSR count). The van der Waals surface area contributed by atoms with Gasteiger partial charge in [-0.25, -0.2) is 0 Å². The molecule has 0 radical (unpaired) electrons. The maximum Gasteiger partial charge on any atom is 0.0113 e. The van der Waals surface area contributed by atoms with Crippen molar-refractivity contribution in [3.05, 3.63) is 0 Å². The van der Waals surface area contributed by atoms with Gasteiger partial charge in [-0.05, 0) is 51.4 Å². The molecule has 2 atom stereocenters. The van der Waals surface area contributed by atoms with Gasteiger partial charge in [0.05, 0.1) is 0 Å². The van der Waals surface area contributed by atoms with Crippen molar-refractivity contribution < 1.29 is 0 Å². The molecule has 1 fully saturated rings. The van der Waals surface area contributed by atoms with Crippen LogP contribution in [0.1, 0.15) is 12.8 Å². The Kier molecular flexibility index (Phi) is 5.14. The van der Waals surface area contributed by atoms with E-state index in [1.807, 2.05) is 11.8 Å². The van der Waals surface area contributed by atoms with Crippen molar-refractivity contribution in [2.24, 2.45) is 5.92 Å². The van der Waals surface area contributed by atoms with Crippen LogP contribution >= 0.6 is 11.8 Å². The van der Waals surface area contributed by atoms with Crippen LogP contribution in [-0.4, -0.2) is 50.1 Å². The van der Waals surface area contributed by atoms with Crippen LogP contribution in [0.3, 0.4) is 0 Å². The zero-order valence-corrected chi connectivity index (χ0v) is 9.86. The molecule has 1 aliphatic heterocycles. The molecule has 0 amide bonds. The third-order valence-corrected chi connectivity index (χ3v) is 3.64. The molecule has 2 nitrogen and oxygen atoms in total. The van der Waals surface area contributed by atoms with Gasteiger partial charge in [0, 0.05) is 12.6 Å². The average Bonchev–Trinajstić information content (AvgIpc) is 2.54. The van der Waals surface area contributed by atoms with Crippen LogP contribution in [0, 0.1) is 5.92 Å². The van der Waals surface area contributed by atoms with Crippen molar-refractivity contribution in [1.82, 2.24) is 10.2 Å². The van der Waals surface area contributed by atoms with Crippen LogP contribution in [0.5, 0.6) is 0 Å². The summed E-state index contributed by atoms with van der Waals surface area (Å²) in [5, 5.41) is 3.46. The van der Waals surface area contributed by atoms with Crippen LogP contribution in [0.4, 0.5) is 0 Å². The average molecular weight is 202 g/mol. The first-order valence-corrected chi connectivity index (χ1v) is 6.52. The highest BCUT2D eigenvalue weighted by molar-refractivity contribution is 7.98. The monoisotopic (exact) mass is 202 g/mol. The van der Waals surface area contributed by atoms with Crippen molar-refractivity contribution in [2.45, 2.75) is 18.9 Å². The fourth-order valence-corrected chi connectivity index (χ4v) is 2.65. The second-order valence-electron chi connectivity index (χ2n) is 3.99. The SMILES string of the molecule is CNC(CCSC)C1CCN(C)C1. The first kappa shape index (κ1) is 11.3. The topological polar surface area (TPSA) is 15.3 Å². The van der Waals surface area contributed by atoms with E-state index in [0.29, 0.717) is 0 Å². The Labute approximate surface area is 86.5 Å². The fourth-order valence-electron chi connectivity index (χ4n) is 2.16. The van der Waals surface area contributed by atoms with E-state index in [1.165, 1.54) is 31.7 Å². The normalized spacial score (nSPS) is 26.5. The van der Waals surface area contributed by atoms with E-state index in [0.717, 1.165) is 12.0 Å².